The number of carbonyl (C=O) groups is 1. The third kappa shape index (κ3) is 2.00. The lowest BCUT2D eigenvalue weighted by molar-refractivity contribution is 0.0933. The Balaban J connectivity index is 2.05. The zero-order valence-corrected chi connectivity index (χ0v) is 8.44. The van der Waals surface area contributed by atoms with Gasteiger partial charge in [0, 0.05) is 6.20 Å². The van der Waals surface area contributed by atoms with Crippen LogP contribution in [0.3, 0.4) is 0 Å². The summed E-state index contributed by atoms with van der Waals surface area (Å²) in [6.45, 7) is 1.75. The molecule has 0 saturated carbocycles. The van der Waals surface area contributed by atoms with Crippen LogP contribution >= 0.6 is 0 Å². The van der Waals surface area contributed by atoms with Gasteiger partial charge in [0.15, 0.2) is 0 Å². The molecule has 0 aromatic carbocycles. The summed E-state index contributed by atoms with van der Waals surface area (Å²) >= 11 is 0. The van der Waals surface area contributed by atoms with Gasteiger partial charge in [0.25, 0.3) is 5.91 Å². The topological polar surface area (TPSA) is 119 Å². The molecule has 2 heterocycles. The number of nitrogens with one attached hydrogen (secondary N) is 4. The average Bonchev–Trinajstić information content (AvgIpc) is 2.87. The summed E-state index contributed by atoms with van der Waals surface area (Å²) in [6, 6.07) is -0.312. The molecule has 16 heavy (non-hydrogen) atoms. The summed E-state index contributed by atoms with van der Waals surface area (Å²) in [5.74, 6) is 0.161. The second-order valence-electron chi connectivity index (χ2n) is 3.22. The second kappa shape index (κ2) is 4.01. The first-order valence-electron chi connectivity index (χ1n) is 4.60. The van der Waals surface area contributed by atoms with Crippen molar-refractivity contribution in [3.8, 4) is 0 Å². The van der Waals surface area contributed by atoms with E-state index in [2.05, 4.69) is 30.5 Å². The van der Waals surface area contributed by atoms with Crippen LogP contribution < -0.4 is 11.0 Å². The molecule has 4 N–H and O–H groups in total. The molecule has 2 aromatic heterocycles. The van der Waals surface area contributed by atoms with Crippen molar-refractivity contribution in [2.75, 3.05) is 0 Å². The number of carbonyl (C=O) groups excluding carboxylic acids is 1. The Morgan fingerprint density at radius 2 is 2.38 bits per heavy atom. The van der Waals surface area contributed by atoms with E-state index in [-0.39, 0.29) is 17.6 Å². The van der Waals surface area contributed by atoms with Crippen molar-refractivity contribution in [3.63, 3.8) is 0 Å². The van der Waals surface area contributed by atoms with E-state index < -0.39 is 5.69 Å². The number of aromatic nitrogens is 5. The van der Waals surface area contributed by atoms with E-state index in [0.717, 1.165) is 0 Å². The molecule has 1 unspecified atom stereocenters. The largest absolute Gasteiger partial charge is 0.341 e. The van der Waals surface area contributed by atoms with Gasteiger partial charge in [0.2, 0.25) is 0 Å². The molecule has 1 atom stereocenters. The third-order valence-corrected chi connectivity index (χ3v) is 2.03. The van der Waals surface area contributed by atoms with Crippen LogP contribution in [-0.2, 0) is 0 Å². The second-order valence-corrected chi connectivity index (χ2v) is 3.22. The zero-order chi connectivity index (χ0) is 11.5. The lowest BCUT2D eigenvalue weighted by Gasteiger charge is -2.09. The standard InChI is InChI=1S/C8H10N6O2/c1-4(6-10-3-11-14-6)12-7(15)5-2-9-8(16)13-5/h2-4H,1H3,(H,12,15)(H2,9,13,16)(H,10,11,14). The molecule has 1 amide bonds. The molecule has 84 valence electrons. The number of hydrogen-bond donors (Lipinski definition) is 4. The third-order valence-electron chi connectivity index (χ3n) is 2.03. The summed E-state index contributed by atoms with van der Waals surface area (Å²) in [6.07, 6.45) is 2.67. The molecule has 0 aliphatic heterocycles. The molecule has 0 radical (unpaired) electrons. The summed E-state index contributed by atoms with van der Waals surface area (Å²) in [7, 11) is 0. The fourth-order valence-electron chi connectivity index (χ4n) is 1.22. The highest BCUT2D eigenvalue weighted by molar-refractivity contribution is 5.92. The maximum Gasteiger partial charge on any atom is 0.323 e. The van der Waals surface area contributed by atoms with E-state index in [1.165, 1.54) is 12.5 Å². The molecule has 0 aliphatic carbocycles. The average molecular weight is 222 g/mol. The van der Waals surface area contributed by atoms with Crippen LogP contribution in [-0.4, -0.2) is 31.1 Å². The molecule has 0 aliphatic rings. The smallest absolute Gasteiger partial charge is 0.323 e. The number of aromatic amines is 3. The van der Waals surface area contributed by atoms with E-state index in [9.17, 15) is 9.59 Å². The maximum absolute atomic E-state index is 11.6. The van der Waals surface area contributed by atoms with Crippen LogP contribution in [0.2, 0.25) is 0 Å². The number of nitrogens with zero attached hydrogens (tertiary/aromatic N) is 2. The van der Waals surface area contributed by atoms with Gasteiger partial charge in [-0.05, 0) is 6.92 Å². The Labute approximate surface area is 89.5 Å². The number of amides is 1. The molecule has 2 aromatic rings. The van der Waals surface area contributed by atoms with Crippen LogP contribution in [0, 0.1) is 0 Å². The minimum Gasteiger partial charge on any atom is -0.341 e. The molecular formula is C8H10N6O2. The highest BCUT2D eigenvalue weighted by Gasteiger charge is 2.14. The highest BCUT2D eigenvalue weighted by atomic mass is 16.2. The number of H-pyrrole nitrogens is 3. The maximum atomic E-state index is 11.6. The minimum atomic E-state index is -0.419. The van der Waals surface area contributed by atoms with E-state index in [4.69, 9.17) is 0 Å². The van der Waals surface area contributed by atoms with Crippen molar-refractivity contribution >= 4 is 5.91 Å². The quantitative estimate of drug-likeness (QED) is 0.549. The predicted octanol–water partition coefficient (Wildman–Crippen LogP) is -0.688. The van der Waals surface area contributed by atoms with Gasteiger partial charge >= 0.3 is 5.69 Å². The first-order valence-corrected chi connectivity index (χ1v) is 4.60. The van der Waals surface area contributed by atoms with Crippen LogP contribution in [0.25, 0.3) is 0 Å². The minimum absolute atomic E-state index is 0.177. The predicted molar refractivity (Wildman–Crippen MR) is 53.7 cm³/mol. The monoisotopic (exact) mass is 222 g/mol. The van der Waals surface area contributed by atoms with E-state index in [1.54, 1.807) is 6.92 Å². The Morgan fingerprint density at radius 3 is 2.94 bits per heavy atom. The van der Waals surface area contributed by atoms with Crippen molar-refractivity contribution in [3.05, 3.63) is 34.5 Å². The van der Waals surface area contributed by atoms with Gasteiger partial charge in [0.1, 0.15) is 17.8 Å². The van der Waals surface area contributed by atoms with E-state index >= 15 is 0 Å². The fourth-order valence-corrected chi connectivity index (χ4v) is 1.22. The van der Waals surface area contributed by atoms with Crippen molar-refractivity contribution in [2.45, 2.75) is 13.0 Å². The Bertz CT molecular complexity index is 525. The van der Waals surface area contributed by atoms with Crippen LogP contribution in [0.1, 0.15) is 29.3 Å². The van der Waals surface area contributed by atoms with Gasteiger partial charge in [-0.1, -0.05) is 0 Å². The molecule has 8 nitrogen and oxygen atoms in total. The van der Waals surface area contributed by atoms with Crippen LogP contribution in [0.15, 0.2) is 17.3 Å². The zero-order valence-electron chi connectivity index (χ0n) is 8.44. The fraction of sp³-hybridized carbons (Fsp3) is 0.250. The van der Waals surface area contributed by atoms with Crippen molar-refractivity contribution in [2.24, 2.45) is 0 Å². The van der Waals surface area contributed by atoms with Crippen molar-refractivity contribution < 1.29 is 4.79 Å². The normalized spacial score (nSPS) is 12.3. The van der Waals surface area contributed by atoms with Gasteiger partial charge in [0.05, 0.1) is 6.04 Å². The number of hydrogen-bond acceptors (Lipinski definition) is 4. The SMILES string of the molecule is CC(NC(=O)c1c[nH]c(=O)[nH]1)c1ncn[nH]1. The van der Waals surface area contributed by atoms with E-state index in [0.29, 0.717) is 5.82 Å². The van der Waals surface area contributed by atoms with E-state index in [1.807, 2.05) is 0 Å². The molecular weight excluding hydrogens is 212 g/mol. The van der Waals surface area contributed by atoms with Crippen LogP contribution in [0.4, 0.5) is 0 Å². The summed E-state index contributed by atoms with van der Waals surface area (Å²) in [4.78, 5) is 31.0. The van der Waals surface area contributed by atoms with Gasteiger partial charge in [-0.25, -0.2) is 9.78 Å². The van der Waals surface area contributed by atoms with Gasteiger partial charge < -0.3 is 15.3 Å². The first kappa shape index (κ1) is 10.1. The molecule has 0 bridgehead atoms. The first-order chi connectivity index (χ1) is 7.66. The van der Waals surface area contributed by atoms with Crippen molar-refractivity contribution in [1.82, 2.24) is 30.5 Å². The number of rotatable bonds is 3. The summed E-state index contributed by atoms with van der Waals surface area (Å²) in [5.41, 5.74) is -0.242. The Kier molecular flexibility index (Phi) is 2.54. The lowest BCUT2D eigenvalue weighted by Crippen LogP contribution is -2.28. The van der Waals surface area contributed by atoms with Gasteiger partial charge in [-0.3, -0.25) is 9.89 Å². The molecule has 0 fully saturated rings. The number of imidazole rings is 1. The Hall–Kier alpha value is -2.38. The van der Waals surface area contributed by atoms with Crippen LogP contribution in [0.5, 0.6) is 0 Å². The molecule has 0 saturated heterocycles. The van der Waals surface area contributed by atoms with Crippen molar-refractivity contribution in [1.29, 1.82) is 0 Å². The molecule has 0 spiro atoms. The Morgan fingerprint density at radius 1 is 1.56 bits per heavy atom. The summed E-state index contributed by atoms with van der Waals surface area (Å²) < 4.78 is 0. The van der Waals surface area contributed by atoms with Gasteiger partial charge in [-0.15, -0.1) is 0 Å². The lowest BCUT2D eigenvalue weighted by atomic mass is 10.3. The molecule has 2 rings (SSSR count). The van der Waals surface area contributed by atoms with Gasteiger partial charge in [-0.2, -0.15) is 5.10 Å². The highest BCUT2D eigenvalue weighted by Crippen LogP contribution is 2.04. The summed E-state index contributed by atoms with van der Waals surface area (Å²) in [5, 5.41) is 8.97. The molecule has 8 heteroatoms.